The van der Waals surface area contributed by atoms with E-state index in [0.29, 0.717) is 0 Å². The van der Waals surface area contributed by atoms with Gasteiger partial charge in [0.2, 0.25) is 0 Å². The highest BCUT2D eigenvalue weighted by molar-refractivity contribution is 9.10. The Kier molecular flexibility index (Phi) is 3.62. The molecule has 0 aliphatic carbocycles. The van der Waals surface area contributed by atoms with Crippen LogP contribution < -0.4 is 11.1 Å². The average molecular weight is 305 g/mol. The summed E-state index contributed by atoms with van der Waals surface area (Å²) < 4.78 is 1.11. The van der Waals surface area contributed by atoms with Crippen LogP contribution in [-0.2, 0) is 0 Å². The molecule has 2 nitrogen and oxygen atoms in total. The Bertz CT molecular complexity index is 568. The minimum Gasteiger partial charge on any atom is -0.399 e. The van der Waals surface area contributed by atoms with Gasteiger partial charge in [-0.25, -0.2) is 0 Å². The van der Waals surface area contributed by atoms with Gasteiger partial charge in [-0.15, -0.1) is 0 Å². The molecule has 3 heteroatoms. The van der Waals surface area contributed by atoms with Crippen LogP contribution >= 0.6 is 15.9 Å². The van der Waals surface area contributed by atoms with Gasteiger partial charge in [-0.2, -0.15) is 0 Å². The zero-order valence-electron chi connectivity index (χ0n) is 10.8. The number of aryl methyl sites for hydroxylation is 3. The van der Waals surface area contributed by atoms with Crippen molar-refractivity contribution in [2.24, 2.45) is 0 Å². The molecular weight excluding hydrogens is 288 g/mol. The predicted octanol–water partition coefficient (Wildman–Crippen LogP) is 4.70. The normalized spacial score (nSPS) is 10.4. The van der Waals surface area contributed by atoms with Gasteiger partial charge in [0.25, 0.3) is 0 Å². The van der Waals surface area contributed by atoms with Crippen LogP contribution in [0.2, 0.25) is 0 Å². The van der Waals surface area contributed by atoms with Gasteiger partial charge in [0.15, 0.2) is 0 Å². The zero-order chi connectivity index (χ0) is 13.3. The third-order valence-corrected chi connectivity index (χ3v) is 3.49. The van der Waals surface area contributed by atoms with Gasteiger partial charge in [0.05, 0.1) is 0 Å². The van der Waals surface area contributed by atoms with E-state index in [2.05, 4.69) is 53.3 Å². The average Bonchev–Trinajstić information content (AvgIpc) is 2.28. The van der Waals surface area contributed by atoms with Crippen molar-refractivity contribution in [3.8, 4) is 0 Å². The smallest absolute Gasteiger partial charge is 0.0444 e. The molecule has 0 heterocycles. The van der Waals surface area contributed by atoms with Crippen LogP contribution in [-0.4, -0.2) is 0 Å². The molecule has 0 amide bonds. The number of rotatable bonds is 2. The highest BCUT2D eigenvalue weighted by Gasteiger charge is 2.05. The minimum atomic E-state index is 0.824. The van der Waals surface area contributed by atoms with Crippen molar-refractivity contribution in [2.75, 3.05) is 11.1 Å². The molecule has 2 rings (SSSR count). The third kappa shape index (κ3) is 2.67. The van der Waals surface area contributed by atoms with Crippen LogP contribution in [0.15, 0.2) is 34.8 Å². The van der Waals surface area contributed by atoms with E-state index in [1.807, 2.05) is 19.1 Å². The number of hydrogen-bond acceptors (Lipinski definition) is 2. The zero-order valence-corrected chi connectivity index (χ0v) is 12.4. The molecular formula is C15H17BrN2. The first kappa shape index (κ1) is 13.0. The van der Waals surface area contributed by atoms with Crippen molar-refractivity contribution in [2.45, 2.75) is 20.8 Å². The quantitative estimate of drug-likeness (QED) is 0.789. The first-order valence-corrected chi connectivity index (χ1v) is 6.66. The minimum absolute atomic E-state index is 0.824. The molecule has 0 aliphatic heterocycles. The lowest BCUT2D eigenvalue weighted by Crippen LogP contribution is -1.98. The van der Waals surface area contributed by atoms with Gasteiger partial charge in [-0.05, 0) is 67.8 Å². The summed E-state index contributed by atoms with van der Waals surface area (Å²) in [5.74, 6) is 0. The van der Waals surface area contributed by atoms with Gasteiger partial charge >= 0.3 is 0 Å². The number of benzene rings is 2. The number of anilines is 3. The summed E-state index contributed by atoms with van der Waals surface area (Å²) in [6.45, 7) is 6.22. The highest BCUT2D eigenvalue weighted by Crippen LogP contribution is 2.29. The fraction of sp³-hybridized carbons (Fsp3) is 0.200. The van der Waals surface area contributed by atoms with Gasteiger partial charge in [-0.1, -0.05) is 15.9 Å². The molecule has 0 unspecified atom stereocenters. The molecule has 18 heavy (non-hydrogen) atoms. The first-order valence-electron chi connectivity index (χ1n) is 5.87. The molecule has 0 bridgehead atoms. The largest absolute Gasteiger partial charge is 0.399 e. The Morgan fingerprint density at radius 2 is 1.56 bits per heavy atom. The lowest BCUT2D eigenvalue weighted by Gasteiger charge is -2.14. The summed E-state index contributed by atoms with van der Waals surface area (Å²) >= 11 is 3.51. The molecule has 0 saturated heterocycles. The van der Waals surface area contributed by atoms with E-state index in [1.54, 1.807) is 0 Å². The number of nitrogen functional groups attached to an aromatic ring is 1. The van der Waals surface area contributed by atoms with E-state index >= 15 is 0 Å². The number of nitrogens with one attached hydrogen (secondary N) is 1. The van der Waals surface area contributed by atoms with Crippen molar-refractivity contribution in [1.82, 2.24) is 0 Å². The van der Waals surface area contributed by atoms with Crippen molar-refractivity contribution in [3.63, 3.8) is 0 Å². The molecule has 3 N–H and O–H groups in total. The molecule has 94 valence electrons. The maximum Gasteiger partial charge on any atom is 0.0444 e. The third-order valence-electron chi connectivity index (χ3n) is 3.04. The van der Waals surface area contributed by atoms with Crippen LogP contribution in [0.25, 0.3) is 0 Å². The lowest BCUT2D eigenvalue weighted by atomic mass is 10.1. The second-order valence-corrected chi connectivity index (χ2v) is 5.53. The second-order valence-electron chi connectivity index (χ2n) is 4.61. The summed E-state index contributed by atoms with van der Waals surface area (Å²) in [5.41, 5.74) is 12.4. The van der Waals surface area contributed by atoms with Crippen LogP contribution in [0.1, 0.15) is 16.7 Å². The summed E-state index contributed by atoms with van der Waals surface area (Å²) in [6.07, 6.45) is 0. The van der Waals surface area contributed by atoms with E-state index in [0.717, 1.165) is 27.1 Å². The van der Waals surface area contributed by atoms with Gasteiger partial charge in [0, 0.05) is 21.5 Å². The van der Waals surface area contributed by atoms with E-state index in [-0.39, 0.29) is 0 Å². The number of hydrogen-bond donors (Lipinski definition) is 2. The summed E-state index contributed by atoms with van der Waals surface area (Å²) in [7, 11) is 0. The monoisotopic (exact) mass is 304 g/mol. The van der Waals surface area contributed by atoms with E-state index in [1.165, 1.54) is 11.1 Å². The Hall–Kier alpha value is -1.48. The van der Waals surface area contributed by atoms with Crippen LogP contribution in [0.3, 0.4) is 0 Å². The van der Waals surface area contributed by atoms with Crippen LogP contribution in [0.5, 0.6) is 0 Å². The summed E-state index contributed by atoms with van der Waals surface area (Å²) in [5, 5.41) is 3.46. The summed E-state index contributed by atoms with van der Waals surface area (Å²) in [6, 6.07) is 10.2. The SMILES string of the molecule is Cc1cc(Nc2c(C)cc(Br)cc2C)ccc1N. The fourth-order valence-corrected chi connectivity index (χ4v) is 2.69. The van der Waals surface area contributed by atoms with Crippen molar-refractivity contribution >= 4 is 33.0 Å². The lowest BCUT2D eigenvalue weighted by molar-refractivity contribution is 1.34. The molecule has 0 aromatic heterocycles. The Balaban J connectivity index is 2.37. The summed E-state index contributed by atoms with van der Waals surface area (Å²) in [4.78, 5) is 0. The van der Waals surface area contributed by atoms with Gasteiger partial charge in [-0.3, -0.25) is 0 Å². The standard InChI is InChI=1S/C15H17BrN2/c1-9-8-13(4-5-14(9)17)18-15-10(2)6-12(16)7-11(15)3/h4-8,18H,17H2,1-3H3. The van der Waals surface area contributed by atoms with Crippen molar-refractivity contribution < 1.29 is 0 Å². The number of nitrogens with two attached hydrogens (primary N) is 1. The molecule has 0 saturated carbocycles. The second kappa shape index (κ2) is 5.02. The molecule has 0 fully saturated rings. The maximum atomic E-state index is 5.83. The van der Waals surface area contributed by atoms with E-state index in [9.17, 15) is 0 Å². The molecule has 0 radical (unpaired) electrons. The molecule has 2 aromatic rings. The Morgan fingerprint density at radius 3 is 2.11 bits per heavy atom. The van der Waals surface area contributed by atoms with Gasteiger partial charge < -0.3 is 11.1 Å². The van der Waals surface area contributed by atoms with Gasteiger partial charge in [0.1, 0.15) is 0 Å². The Morgan fingerprint density at radius 1 is 0.944 bits per heavy atom. The maximum absolute atomic E-state index is 5.83. The molecule has 0 aliphatic rings. The van der Waals surface area contributed by atoms with Crippen molar-refractivity contribution in [1.29, 1.82) is 0 Å². The molecule has 0 spiro atoms. The topological polar surface area (TPSA) is 38.0 Å². The molecule has 0 atom stereocenters. The van der Waals surface area contributed by atoms with E-state index < -0.39 is 0 Å². The number of halogens is 1. The Labute approximate surface area is 116 Å². The van der Waals surface area contributed by atoms with Crippen molar-refractivity contribution in [3.05, 3.63) is 51.5 Å². The first-order chi connectivity index (χ1) is 8.47. The van der Waals surface area contributed by atoms with E-state index in [4.69, 9.17) is 5.73 Å². The van der Waals surface area contributed by atoms with Crippen LogP contribution in [0.4, 0.5) is 17.1 Å². The van der Waals surface area contributed by atoms with Crippen LogP contribution in [0, 0.1) is 20.8 Å². The highest BCUT2D eigenvalue weighted by atomic mass is 79.9. The fourth-order valence-electron chi connectivity index (χ4n) is 2.01. The molecule has 2 aromatic carbocycles. The predicted molar refractivity (Wildman–Crippen MR) is 82.5 cm³/mol.